The van der Waals surface area contributed by atoms with E-state index in [9.17, 15) is 8.42 Å². The molecule has 2 rings (SSSR count). The van der Waals surface area contributed by atoms with Gasteiger partial charge in [-0.15, -0.1) is 0 Å². The Kier molecular flexibility index (Phi) is 6.02. The fourth-order valence-corrected chi connectivity index (χ4v) is 3.83. The number of likely N-dealkylation sites (tertiary alicyclic amines) is 1. The summed E-state index contributed by atoms with van der Waals surface area (Å²) in [7, 11) is -1.84. The first-order valence-electron chi connectivity index (χ1n) is 9.07. The molecule has 0 aliphatic carbocycles. The first kappa shape index (κ1) is 20.7. The lowest BCUT2D eigenvalue weighted by atomic mass is 9.65. The Labute approximate surface area is 158 Å². The quantitative estimate of drug-likeness (QED) is 0.587. The molecule has 146 valence electrons. The molecule has 2 N–H and O–H groups in total. The van der Waals surface area contributed by atoms with Gasteiger partial charge in [-0.1, -0.05) is 38.1 Å². The average Bonchev–Trinajstić information content (AvgIpc) is 2.57. The molecule has 0 radical (unpaired) electrons. The molecular weight excluding hydrogens is 348 g/mol. The van der Waals surface area contributed by atoms with E-state index in [0.29, 0.717) is 6.54 Å². The largest absolute Gasteiger partial charge is 0.356 e. The van der Waals surface area contributed by atoms with Gasteiger partial charge in [0.1, 0.15) is 0 Å². The monoisotopic (exact) mass is 380 g/mol. The Morgan fingerprint density at radius 2 is 1.88 bits per heavy atom. The molecule has 0 atom stereocenters. The van der Waals surface area contributed by atoms with E-state index in [1.165, 1.54) is 7.05 Å². The van der Waals surface area contributed by atoms with Gasteiger partial charge in [-0.3, -0.25) is 0 Å². The second-order valence-corrected chi connectivity index (χ2v) is 9.91. The van der Waals surface area contributed by atoms with Crippen LogP contribution in [-0.4, -0.2) is 45.0 Å². The molecule has 1 aliphatic heterocycles. The average molecular weight is 381 g/mol. The normalized spacial score (nSPS) is 19.2. The fraction of sp³-hybridized carbons (Fsp3) is 0.632. The van der Waals surface area contributed by atoms with Crippen molar-refractivity contribution < 1.29 is 8.42 Å². The number of hydrogen-bond acceptors (Lipinski definition) is 3. The number of nitrogens with zero attached hydrogens (tertiary/aromatic N) is 2. The van der Waals surface area contributed by atoms with Gasteiger partial charge >= 0.3 is 0 Å². The zero-order valence-electron chi connectivity index (χ0n) is 16.8. The summed E-state index contributed by atoms with van der Waals surface area (Å²) >= 11 is 0. The topological polar surface area (TPSA) is 73.8 Å². The van der Waals surface area contributed by atoms with Crippen molar-refractivity contribution in [1.82, 2.24) is 14.9 Å². The zero-order chi connectivity index (χ0) is 19.6. The number of hydrogen-bond donors (Lipinski definition) is 2. The van der Waals surface area contributed by atoms with Crippen LogP contribution in [0.4, 0.5) is 0 Å². The highest BCUT2D eigenvalue weighted by Crippen LogP contribution is 2.46. The Morgan fingerprint density at radius 3 is 2.42 bits per heavy atom. The lowest BCUT2D eigenvalue weighted by Crippen LogP contribution is -2.72. The predicted octanol–water partition coefficient (Wildman–Crippen LogP) is 2.32. The summed E-state index contributed by atoms with van der Waals surface area (Å²) in [5, 5.41) is 3.38. The van der Waals surface area contributed by atoms with Gasteiger partial charge in [0, 0.05) is 24.0 Å². The molecule has 0 spiro atoms. The van der Waals surface area contributed by atoms with Crippen LogP contribution < -0.4 is 10.0 Å². The van der Waals surface area contributed by atoms with Crippen molar-refractivity contribution in [1.29, 1.82) is 0 Å². The van der Waals surface area contributed by atoms with Crippen molar-refractivity contribution in [2.24, 2.45) is 10.4 Å². The maximum Gasteiger partial charge on any atom is 0.215 e. The highest BCUT2D eigenvalue weighted by Gasteiger charge is 2.53. The zero-order valence-corrected chi connectivity index (χ0v) is 17.6. The molecular formula is C19H32N4O2S. The van der Waals surface area contributed by atoms with E-state index in [1.54, 1.807) is 0 Å². The van der Waals surface area contributed by atoms with E-state index in [0.717, 1.165) is 30.2 Å². The number of rotatable bonds is 6. The molecule has 6 nitrogen and oxygen atoms in total. The van der Waals surface area contributed by atoms with E-state index in [2.05, 4.69) is 49.6 Å². The van der Waals surface area contributed by atoms with Gasteiger partial charge < -0.3 is 10.2 Å². The lowest BCUT2D eigenvalue weighted by molar-refractivity contribution is -0.0667. The standard InChI is InChI=1S/C19H32N4O2S/c1-7-21-17(23-14-18(2,3)19(23,4)5)22-12-15-9-8-10-16(11-15)13-26(24,25)20-6/h8-11,20H,7,12-14H2,1-6H3,(H,21,22). The van der Waals surface area contributed by atoms with Gasteiger partial charge in [-0.05, 0) is 38.9 Å². The molecule has 1 aromatic carbocycles. The molecule has 0 saturated carbocycles. The molecule has 0 amide bonds. The van der Waals surface area contributed by atoms with Crippen LogP contribution in [0.1, 0.15) is 45.7 Å². The third-order valence-corrected chi connectivity index (χ3v) is 6.88. The van der Waals surface area contributed by atoms with Crippen molar-refractivity contribution in [2.45, 2.75) is 52.5 Å². The molecule has 0 aromatic heterocycles. The SMILES string of the molecule is CCNC(=NCc1cccc(CS(=O)(=O)NC)c1)N1CC(C)(C)C1(C)C. The Morgan fingerprint density at radius 1 is 1.23 bits per heavy atom. The summed E-state index contributed by atoms with van der Waals surface area (Å²) in [5.74, 6) is 0.888. The third-order valence-electron chi connectivity index (χ3n) is 5.55. The summed E-state index contributed by atoms with van der Waals surface area (Å²) < 4.78 is 25.8. The summed E-state index contributed by atoms with van der Waals surface area (Å²) in [5.41, 5.74) is 2.05. The van der Waals surface area contributed by atoms with Gasteiger partial charge in [0.15, 0.2) is 5.96 Å². The number of aliphatic imine (C=N–C) groups is 1. The van der Waals surface area contributed by atoms with E-state index in [-0.39, 0.29) is 16.7 Å². The van der Waals surface area contributed by atoms with Crippen LogP contribution in [0.15, 0.2) is 29.3 Å². The Balaban J connectivity index is 2.16. The van der Waals surface area contributed by atoms with E-state index < -0.39 is 10.0 Å². The van der Waals surface area contributed by atoms with Crippen molar-refractivity contribution in [3.8, 4) is 0 Å². The number of nitrogens with one attached hydrogen (secondary N) is 2. The van der Waals surface area contributed by atoms with Crippen LogP contribution in [0, 0.1) is 5.41 Å². The highest BCUT2D eigenvalue weighted by molar-refractivity contribution is 7.88. The van der Waals surface area contributed by atoms with E-state index in [4.69, 9.17) is 4.99 Å². The first-order valence-corrected chi connectivity index (χ1v) is 10.7. The molecule has 1 aliphatic rings. The molecule has 0 bridgehead atoms. The minimum Gasteiger partial charge on any atom is -0.356 e. The maximum absolute atomic E-state index is 11.7. The molecule has 1 saturated heterocycles. The van der Waals surface area contributed by atoms with Gasteiger partial charge in [-0.25, -0.2) is 18.1 Å². The highest BCUT2D eigenvalue weighted by atomic mass is 32.2. The Hall–Kier alpha value is -1.60. The van der Waals surface area contributed by atoms with Crippen molar-refractivity contribution >= 4 is 16.0 Å². The first-order chi connectivity index (χ1) is 12.0. The van der Waals surface area contributed by atoms with Crippen LogP contribution in [-0.2, 0) is 22.3 Å². The smallest absolute Gasteiger partial charge is 0.215 e. The van der Waals surface area contributed by atoms with E-state index in [1.807, 2.05) is 24.3 Å². The molecule has 26 heavy (non-hydrogen) atoms. The molecule has 1 heterocycles. The van der Waals surface area contributed by atoms with Gasteiger partial charge in [0.25, 0.3) is 0 Å². The molecule has 1 aromatic rings. The van der Waals surface area contributed by atoms with Crippen molar-refractivity contribution in [3.63, 3.8) is 0 Å². The van der Waals surface area contributed by atoms with Crippen molar-refractivity contribution in [3.05, 3.63) is 35.4 Å². The predicted molar refractivity (Wildman–Crippen MR) is 108 cm³/mol. The van der Waals surface area contributed by atoms with Gasteiger partial charge in [0.05, 0.1) is 12.3 Å². The molecule has 0 unspecified atom stereocenters. The number of sulfonamides is 1. The second kappa shape index (κ2) is 7.56. The second-order valence-electron chi connectivity index (χ2n) is 7.98. The van der Waals surface area contributed by atoms with Crippen LogP contribution in [0.5, 0.6) is 0 Å². The van der Waals surface area contributed by atoms with Crippen molar-refractivity contribution in [2.75, 3.05) is 20.1 Å². The molecule has 7 heteroatoms. The number of benzene rings is 1. The minimum absolute atomic E-state index is 0.0194. The van der Waals surface area contributed by atoms with Crippen LogP contribution in [0.3, 0.4) is 0 Å². The van der Waals surface area contributed by atoms with Crippen LogP contribution >= 0.6 is 0 Å². The van der Waals surface area contributed by atoms with Crippen LogP contribution in [0.25, 0.3) is 0 Å². The molecule has 1 fully saturated rings. The lowest BCUT2D eigenvalue weighted by Gasteiger charge is -2.62. The minimum atomic E-state index is -3.27. The Bertz CT molecular complexity index is 769. The van der Waals surface area contributed by atoms with Crippen LogP contribution in [0.2, 0.25) is 0 Å². The third kappa shape index (κ3) is 4.38. The summed E-state index contributed by atoms with van der Waals surface area (Å²) in [6.45, 7) is 13.4. The summed E-state index contributed by atoms with van der Waals surface area (Å²) in [6.07, 6.45) is 0. The maximum atomic E-state index is 11.7. The number of guanidine groups is 1. The summed E-state index contributed by atoms with van der Waals surface area (Å²) in [4.78, 5) is 7.10. The van der Waals surface area contributed by atoms with Gasteiger partial charge in [0.2, 0.25) is 10.0 Å². The summed E-state index contributed by atoms with van der Waals surface area (Å²) in [6, 6.07) is 7.60. The van der Waals surface area contributed by atoms with E-state index >= 15 is 0 Å². The van der Waals surface area contributed by atoms with Gasteiger partial charge in [-0.2, -0.15) is 0 Å². The fourth-order valence-electron chi connectivity index (χ4n) is 3.07.